The Kier molecular flexibility index (Phi) is 6.98. The first-order chi connectivity index (χ1) is 19.0. The lowest BCUT2D eigenvalue weighted by atomic mass is 10.0. The van der Waals surface area contributed by atoms with Crippen LogP contribution in [-0.2, 0) is 17.7 Å². The minimum absolute atomic E-state index is 0.108. The summed E-state index contributed by atoms with van der Waals surface area (Å²) in [7, 11) is 0. The van der Waals surface area contributed by atoms with E-state index < -0.39 is 11.2 Å². The zero-order chi connectivity index (χ0) is 27.1. The fourth-order valence-corrected chi connectivity index (χ4v) is 5.36. The second-order valence-corrected chi connectivity index (χ2v) is 11.9. The van der Waals surface area contributed by atoms with Crippen LogP contribution in [-0.4, -0.2) is 49.8 Å². The van der Waals surface area contributed by atoms with Crippen molar-refractivity contribution >= 4 is 28.2 Å². The fraction of sp³-hybridized carbons (Fsp3) is 0.481. The molecule has 12 heteroatoms. The minimum Gasteiger partial charge on any atom is -0.611 e. The van der Waals surface area contributed by atoms with Gasteiger partial charge in [0.2, 0.25) is 0 Å². The predicted molar refractivity (Wildman–Crippen MR) is 148 cm³/mol. The lowest BCUT2D eigenvalue weighted by Gasteiger charge is -2.18. The zero-order valence-electron chi connectivity index (χ0n) is 22.3. The van der Waals surface area contributed by atoms with Crippen molar-refractivity contribution < 1.29 is 4.55 Å². The molecule has 2 fully saturated rings. The van der Waals surface area contributed by atoms with Gasteiger partial charge in [0.05, 0.1) is 42.1 Å². The number of nitrogens with zero attached hydrogens (tertiary/aromatic N) is 8. The van der Waals surface area contributed by atoms with E-state index in [2.05, 4.69) is 30.2 Å². The Bertz CT molecular complexity index is 1540. The molecule has 4 heterocycles. The van der Waals surface area contributed by atoms with Crippen molar-refractivity contribution in [2.75, 3.05) is 11.1 Å². The van der Waals surface area contributed by atoms with Crippen LogP contribution in [0.1, 0.15) is 88.0 Å². The Hall–Kier alpha value is -3.51. The van der Waals surface area contributed by atoms with Crippen molar-refractivity contribution in [3.8, 4) is 11.4 Å². The van der Waals surface area contributed by atoms with Gasteiger partial charge in [-0.2, -0.15) is 0 Å². The maximum atomic E-state index is 13.7. The molecule has 6 rings (SSSR count). The molecule has 0 radical (unpaired) electrons. The van der Waals surface area contributed by atoms with Gasteiger partial charge in [-0.15, -0.1) is 0 Å². The molecule has 2 aliphatic rings. The van der Waals surface area contributed by atoms with Gasteiger partial charge in [-0.3, -0.25) is 9.36 Å². The maximum absolute atomic E-state index is 13.7. The number of aromatic nitrogens is 8. The number of hydrogen-bond acceptors (Lipinski definition) is 10. The second-order valence-electron chi connectivity index (χ2n) is 10.2. The lowest BCUT2D eigenvalue weighted by molar-refractivity contribution is 0.526. The Morgan fingerprint density at radius 1 is 1.00 bits per heavy atom. The number of hydrogen-bond donors (Lipinski definition) is 1. The van der Waals surface area contributed by atoms with Crippen LogP contribution < -0.4 is 10.9 Å². The highest BCUT2D eigenvalue weighted by molar-refractivity contribution is 7.91. The normalized spacial score (nSPS) is 16.8. The second kappa shape index (κ2) is 10.6. The van der Waals surface area contributed by atoms with E-state index in [1.165, 1.54) is 0 Å². The van der Waals surface area contributed by atoms with Crippen molar-refractivity contribution in [1.29, 1.82) is 0 Å². The van der Waals surface area contributed by atoms with Crippen molar-refractivity contribution in [3.63, 3.8) is 0 Å². The van der Waals surface area contributed by atoms with E-state index in [9.17, 15) is 9.35 Å². The Morgan fingerprint density at radius 2 is 1.67 bits per heavy atom. The molecule has 2 aliphatic carbocycles. The monoisotopic (exact) mass is 545 g/mol. The van der Waals surface area contributed by atoms with Crippen molar-refractivity contribution in [2.45, 2.75) is 82.2 Å². The zero-order valence-corrected chi connectivity index (χ0v) is 23.1. The van der Waals surface area contributed by atoms with E-state index in [4.69, 9.17) is 9.97 Å². The number of nitrogens with one attached hydrogen (secondary N) is 1. The van der Waals surface area contributed by atoms with Crippen LogP contribution in [0, 0.1) is 0 Å². The van der Waals surface area contributed by atoms with E-state index in [0.29, 0.717) is 45.3 Å². The van der Waals surface area contributed by atoms with Gasteiger partial charge in [-0.05, 0) is 57.1 Å². The predicted octanol–water partition coefficient (Wildman–Crippen LogP) is 3.90. The third-order valence-corrected chi connectivity index (χ3v) is 8.60. The highest BCUT2D eigenvalue weighted by Crippen LogP contribution is 2.48. The van der Waals surface area contributed by atoms with Gasteiger partial charge in [-0.25, -0.2) is 34.9 Å². The lowest BCUT2D eigenvalue weighted by Crippen LogP contribution is -2.28. The first-order valence-corrected chi connectivity index (χ1v) is 14.9. The molecular formula is C27H31N9O2S. The van der Waals surface area contributed by atoms with E-state index in [0.717, 1.165) is 49.1 Å². The van der Waals surface area contributed by atoms with Gasteiger partial charge in [0.25, 0.3) is 5.56 Å². The number of fused-ring (bicyclic) bond motifs is 1. The summed E-state index contributed by atoms with van der Waals surface area (Å²) < 4.78 is 13.7. The molecule has 1 N–H and O–H groups in total. The van der Waals surface area contributed by atoms with Gasteiger partial charge >= 0.3 is 0 Å². The highest BCUT2D eigenvalue weighted by Gasteiger charge is 2.35. The first kappa shape index (κ1) is 25.8. The number of anilines is 1. The number of rotatable bonds is 10. The maximum Gasteiger partial charge on any atom is 0.295 e. The van der Waals surface area contributed by atoms with Crippen molar-refractivity contribution in [1.82, 2.24) is 39.5 Å². The van der Waals surface area contributed by atoms with Gasteiger partial charge < -0.3 is 9.87 Å². The SMILES string of the molecule is CC[C@@H](C)n1c(=O)c(NCc2ncc([S+]([O-])CC)cn2)nc2cnc(-c3c(C4CC4)ncnc3C3CC3)nc21. The third kappa shape index (κ3) is 5.10. The third-order valence-electron chi connectivity index (χ3n) is 7.34. The molecule has 0 spiro atoms. The average Bonchev–Trinajstić information content (AvgIpc) is 3.89. The van der Waals surface area contributed by atoms with Crippen LogP contribution in [0.3, 0.4) is 0 Å². The van der Waals surface area contributed by atoms with Gasteiger partial charge in [0.1, 0.15) is 23.4 Å². The molecule has 11 nitrogen and oxygen atoms in total. The fourth-order valence-electron chi connectivity index (χ4n) is 4.68. The summed E-state index contributed by atoms with van der Waals surface area (Å²) in [6.07, 6.45) is 11.7. The molecule has 2 saturated carbocycles. The Labute approximate surface area is 229 Å². The van der Waals surface area contributed by atoms with Crippen LogP contribution in [0.25, 0.3) is 22.6 Å². The molecular weight excluding hydrogens is 514 g/mol. The Balaban J connectivity index is 1.39. The van der Waals surface area contributed by atoms with Crippen LogP contribution in [0.15, 0.2) is 34.6 Å². The summed E-state index contributed by atoms with van der Waals surface area (Å²) in [5, 5.41) is 3.09. The largest absolute Gasteiger partial charge is 0.611 e. The van der Waals surface area contributed by atoms with Gasteiger partial charge in [-0.1, -0.05) is 6.92 Å². The highest BCUT2D eigenvalue weighted by atomic mass is 32.2. The molecule has 0 amide bonds. The molecule has 4 aromatic rings. The average molecular weight is 546 g/mol. The summed E-state index contributed by atoms with van der Waals surface area (Å²) in [6.45, 7) is 6.08. The van der Waals surface area contributed by atoms with E-state index in [1.807, 2.05) is 20.8 Å². The summed E-state index contributed by atoms with van der Waals surface area (Å²) in [5.41, 5.74) is 3.72. The van der Waals surface area contributed by atoms with Crippen LogP contribution in [0.4, 0.5) is 5.82 Å². The molecule has 0 aliphatic heterocycles. The molecule has 4 aromatic heterocycles. The van der Waals surface area contributed by atoms with E-state index in [1.54, 1.807) is 29.5 Å². The molecule has 0 aromatic carbocycles. The van der Waals surface area contributed by atoms with Gasteiger partial charge in [0.15, 0.2) is 22.2 Å². The topological polar surface area (TPSA) is 147 Å². The molecule has 2 atom stereocenters. The van der Waals surface area contributed by atoms with E-state index in [-0.39, 0.29) is 24.0 Å². The molecule has 0 bridgehead atoms. The van der Waals surface area contributed by atoms with E-state index >= 15 is 0 Å². The van der Waals surface area contributed by atoms with Crippen molar-refractivity contribution in [2.24, 2.45) is 0 Å². The summed E-state index contributed by atoms with van der Waals surface area (Å²) in [6, 6.07) is -0.108. The molecule has 202 valence electrons. The summed E-state index contributed by atoms with van der Waals surface area (Å²) >= 11 is -1.12. The summed E-state index contributed by atoms with van der Waals surface area (Å²) in [5.74, 6) is 2.55. The molecule has 39 heavy (non-hydrogen) atoms. The van der Waals surface area contributed by atoms with Crippen LogP contribution in [0.2, 0.25) is 0 Å². The molecule has 0 saturated heterocycles. The smallest absolute Gasteiger partial charge is 0.295 e. The quantitative estimate of drug-likeness (QED) is 0.291. The van der Waals surface area contributed by atoms with Crippen LogP contribution >= 0.6 is 0 Å². The Morgan fingerprint density at radius 3 is 2.26 bits per heavy atom. The van der Waals surface area contributed by atoms with Crippen LogP contribution in [0.5, 0.6) is 0 Å². The van der Waals surface area contributed by atoms with Crippen molar-refractivity contribution in [3.05, 3.63) is 52.5 Å². The van der Waals surface area contributed by atoms with Gasteiger partial charge in [0, 0.05) is 17.9 Å². The molecule has 1 unspecified atom stereocenters. The first-order valence-electron chi connectivity index (χ1n) is 13.6. The minimum atomic E-state index is -1.12. The standard InChI is InChI=1S/C27H31N9O2S/c1-4-15(3)36-26-19(34-25(27(36)37)31-13-20-28-10-18(11-29-20)39(38)5-2)12-30-24(35-26)21-22(16-6-7-16)32-14-33-23(21)17-8-9-17/h10-12,14-17H,4-9,13H2,1-3H3,(H,31,34)/t15-,39?/m1/s1. The summed E-state index contributed by atoms with van der Waals surface area (Å²) in [4.78, 5) is 46.4.